The summed E-state index contributed by atoms with van der Waals surface area (Å²) < 4.78 is 11.4. The van der Waals surface area contributed by atoms with Gasteiger partial charge in [0.05, 0.1) is 12.0 Å². The van der Waals surface area contributed by atoms with Crippen molar-refractivity contribution >= 4 is 40.6 Å². The van der Waals surface area contributed by atoms with Crippen molar-refractivity contribution in [1.29, 1.82) is 0 Å². The monoisotopic (exact) mass is 516 g/mol. The van der Waals surface area contributed by atoms with Gasteiger partial charge in [0, 0.05) is 5.69 Å². The minimum absolute atomic E-state index is 0.236. The topological polar surface area (TPSA) is 84.9 Å². The molecular weight excluding hydrogens is 488 g/mol. The van der Waals surface area contributed by atoms with Crippen molar-refractivity contribution in [1.82, 2.24) is 4.90 Å². The standard InChI is InChI=1S/C29H28N2O5S/c1-18-6-5-7-22(12-18)17-36-24-11-9-21(14-25(24)35-4)15-26-28(33)31(29(34)37-26)16-27(32)30-23-10-8-19(2)20(3)13-23/h5-15H,16-17H2,1-4H3,(H,30,32)/b26-15-. The average Bonchev–Trinajstić information content (AvgIpc) is 3.12. The molecule has 0 aliphatic carbocycles. The summed E-state index contributed by atoms with van der Waals surface area (Å²) in [7, 11) is 1.54. The molecule has 8 heteroatoms. The maximum atomic E-state index is 12.9. The number of anilines is 1. The zero-order valence-corrected chi connectivity index (χ0v) is 22.0. The fourth-order valence-electron chi connectivity index (χ4n) is 3.81. The Labute approximate surface area is 220 Å². The van der Waals surface area contributed by atoms with Gasteiger partial charge in [0.2, 0.25) is 5.91 Å². The second-order valence-corrected chi connectivity index (χ2v) is 9.80. The molecule has 1 aliphatic heterocycles. The molecule has 1 fully saturated rings. The molecule has 1 heterocycles. The third-order valence-electron chi connectivity index (χ3n) is 5.93. The van der Waals surface area contributed by atoms with Gasteiger partial charge in [0.25, 0.3) is 11.1 Å². The van der Waals surface area contributed by atoms with E-state index in [1.54, 1.807) is 37.5 Å². The zero-order chi connectivity index (χ0) is 26.5. The molecule has 3 aromatic rings. The SMILES string of the molecule is COc1cc(/C=C2\SC(=O)N(CC(=O)Nc3ccc(C)c(C)c3)C2=O)ccc1OCc1cccc(C)c1. The lowest BCUT2D eigenvalue weighted by Crippen LogP contribution is -2.36. The molecule has 1 N–H and O–H groups in total. The number of ether oxygens (including phenoxy) is 2. The van der Waals surface area contributed by atoms with Gasteiger partial charge < -0.3 is 14.8 Å². The molecular formula is C29H28N2O5S. The van der Waals surface area contributed by atoms with Gasteiger partial charge in [-0.1, -0.05) is 42.0 Å². The van der Waals surface area contributed by atoms with Crippen molar-refractivity contribution in [2.24, 2.45) is 0 Å². The van der Waals surface area contributed by atoms with Crippen molar-refractivity contribution in [2.75, 3.05) is 19.0 Å². The molecule has 0 bridgehead atoms. The first-order valence-electron chi connectivity index (χ1n) is 11.7. The summed E-state index contributed by atoms with van der Waals surface area (Å²) >= 11 is 0.802. The molecule has 0 aromatic heterocycles. The molecule has 0 spiro atoms. The van der Waals surface area contributed by atoms with Crippen LogP contribution in [-0.2, 0) is 16.2 Å². The van der Waals surface area contributed by atoms with Crippen molar-refractivity contribution in [3.05, 3.63) is 93.4 Å². The molecule has 3 amide bonds. The average molecular weight is 517 g/mol. The molecule has 190 valence electrons. The van der Waals surface area contributed by atoms with Gasteiger partial charge in [-0.2, -0.15) is 0 Å². The number of nitrogens with zero attached hydrogens (tertiary/aromatic N) is 1. The summed E-state index contributed by atoms with van der Waals surface area (Å²) in [5, 5.41) is 2.26. The van der Waals surface area contributed by atoms with E-state index in [1.165, 1.54) is 0 Å². The highest BCUT2D eigenvalue weighted by Crippen LogP contribution is 2.34. The number of methoxy groups -OCH3 is 1. The Balaban J connectivity index is 1.42. The van der Waals surface area contributed by atoms with Crippen molar-refractivity contribution in [2.45, 2.75) is 27.4 Å². The number of benzene rings is 3. The van der Waals surface area contributed by atoms with E-state index >= 15 is 0 Å². The van der Waals surface area contributed by atoms with Crippen LogP contribution in [-0.4, -0.2) is 35.6 Å². The minimum atomic E-state index is -0.510. The predicted molar refractivity (Wildman–Crippen MR) is 146 cm³/mol. The van der Waals surface area contributed by atoms with Gasteiger partial charge in [-0.05, 0) is 85.1 Å². The van der Waals surface area contributed by atoms with E-state index in [2.05, 4.69) is 11.4 Å². The van der Waals surface area contributed by atoms with Crippen molar-refractivity contribution < 1.29 is 23.9 Å². The number of imide groups is 1. The number of carbonyl (C=O) groups is 3. The Morgan fingerprint density at radius 1 is 0.973 bits per heavy atom. The lowest BCUT2D eigenvalue weighted by Gasteiger charge is -2.13. The Bertz CT molecular complexity index is 1400. The fraction of sp³-hybridized carbons (Fsp3) is 0.207. The molecule has 0 atom stereocenters. The first-order valence-corrected chi connectivity index (χ1v) is 12.5. The Kier molecular flexibility index (Phi) is 7.98. The van der Waals surface area contributed by atoms with Crippen LogP contribution in [0.25, 0.3) is 6.08 Å². The summed E-state index contributed by atoms with van der Waals surface area (Å²) in [6.45, 7) is 5.99. The molecule has 0 radical (unpaired) electrons. The number of rotatable bonds is 8. The number of amides is 3. The molecule has 1 saturated heterocycles. The Hall–Kier alpha value is -4.04. The van der Waals surface area contributed by atoms with Crippen LogP contribution in [0.15, 0.2) is 65.6 Å². The van der Waals surface area contributed by atoms with Gasteiger partial charge >= 0.3 is 0 Å². The maximum absolute atomic E-state index is 12.9. The van der Waals surface area contributed by atoms with Gasteiger partial charge in [-0.25, -0.2) is 0 Å². The summed E-state index contributed by atoms with van der Waals surface area (Å²) in [5.74, 6) is 0.123. The van der Waals surface area contributed by atoms with Crippen LogP contribution in [0.1, 0.15) is 27.8 Å². The van der Waals surface area contributed by atoms with Crippen LogP contribution < -0.4 is 14.8 Å². The number of nitrogens with one attached hydrogen (secondary N) is 1. The van der Waals surface area contributed by atoms with Crippen LogP contribution >= 0.6 is 11.8 Å². The predicted octanol–water partition coefficient (Wildman–Crippen LogP) is 5.87. The van der Waals surface area contributed by atoms with Gasteiger partial charge in [-0.3, -0.25) is 19.3 Å². The fourth-order valence-corrected chi connectivity index (χ4v) is 4.65. The van der Waals surface area contributed by atoms with Crippen LogP contribution in [0.3, 0.4) is 0 Å². The molecule has 1 aliphatic rings. The smallest absolute Gasteiger partial charge is 0.294 e. The maximum Gasteiger partial charge on any atom is 0.294 e. The first kappa shape index (κ1) is 26.0. The normalized spacial score (nSPS) is 14.3. The summed E-state index contributed by atoms with van der Waals surface area (Å²) in [6.07, 6.45) is 1.61. The summed E-state index contributed by atoms with van der Waals surface area (Å²) in [5.41, 5.74) is 5.63. The Morgan fingerprint density at radius 3 is 2.51 bits per heavy atom. The number of thioether (sulfide) groups is 1. The largest absolute Gasteiger partial charge is 0.493 e. The third-order valence-corrected chi connectivity index (χ3v) is 6.84. The molecule has 0 unspecified atom stereocenters. The van der Waals surface area contributed by atoms with Crippen molar-refractivity contribution in [3.8, 4) is 11.5 Å². The minimum Gasteiger partial charge on any atom is -0.493 e. The van der Waals surface area contributed by atoms with E-state index in [1.807, 2.05) is 51.1 Å². The van der Waals surface area contributed by atoms with Crippen LogP contribution in [0.4, 0.5) is 10.5 Å². The number of aryl methyl sites for hydroxylation is 3. The number of hydrogen-bond donors (Lipinski definition) is 1. The quantitative estimate of drug-likeness (QED) is 0.377. The van der Waals surface area contributed by atoms with E-state index < -0.39 is 17.1 Å². The lowest BCUT2D eigenvalue weighted by atomic mass is 10.1. The lowest BCUT2D eigenvalue weighted by molar-refractivity contribution is -0.127. The van der Waals surface area contributed by atoms with E-state index in [4.69, 9.17) is 9.47 Å². The first-order chi connectivity index (χ1) is 17.7. The van der Waals surface area contributed by atoms with E-state index in [0.717, 1.165) is 38.9 Å². The molecule has 3 aromatic carbocycles. The second-order valence-electron chi connectivity index (χ2n) is 8.80. The van der Waals surface area contributed by atoms with E-state index in [0.29, 0.717) is 29.4 Å². The highest BCUT2D eigenvalue weighted by atomic mass is 32.2. The van der Waals surface area contributed by atoms with Crippen LogP contribution in [0, 0.1) is 20.8 Å². The van der Waals surface area contributed by atoms with E-state index in [9.17, 15) is 14.4 Å². The van der Waals surface area contributed by atoms with Crippen molar-refractivity contribution in [3.63, 3.8) is 0 Å². The number of carbonyl (C=O) groups excluding carboxylic acids is 3. The summed E-state index contributed by atoms with van der Waals surface area (Å²) in [6, 6.07) is 18.9. The molecule has 0 saturated carbocycles. The van der Waals surface area contributed by atoms with Gasteiger partial charge in [-0.15, -0.1) is 0 Å². The third kappa shape index (κ3) is 6.40. The highest BCUT2D eigenvalue weighted by molar-refractivity contribution is 8.18. The molecule has 7 nitrogen and oxygen atoms in total. The van der Waals surface area contributed by atoms with E-state index in [-0.39, 0.29) is 11.4 Å². The van der Waals surface area contributed by atoms with Gasteiger partial charge in [0.15, 0.2) is 11.5 Å². The Morgan fingerprint density at radius 2 is 1.78 bits per heavy atom. The zero-order valence-electron chi connectivity index (χ0n) is 21.2. The second kappa shape index (κ2) is 11.3. The molecule has 37 heavy (non-hydrogen) atoms. The number of hydrogen-bond acceptors (Lipinski definition) is 6. The molecule has 4 rings (SSSR count). The highest BCUT2D eigenvalue weighted by Gasteiger charge is 2.36. The summed E-state index contributed by atoms with van der Waals surface area (Å²) in [4.78, 5) is 39.1. The van der Waals surface area contributed by atoms with Crippen LogP contribution in [0.2, 0.25) is 0 Å². The van der Waals surface area contributed by atoms with Gasteiger partial charge in [0.1, 0.15) is 13.2 Å². The van der Waals surface area contributed by atoms with Crippen LogP contribution in [0.5, 0.6) is 11.5 Å².